The van der Waals surface area contributed by atoms with E-state index >= 15 is 0 Å². The van der Waals surface area contributed by atoms with Gasteiger partial charge in [-0.25, -0.2) is 0 Å². The summed E-state index contributed by atoms with van der Waals surface area (Å²) in [5.74, 6) is -1.56. The highest BCUT2D eigenvalue weighted by molar-refractivity contribution is 5.96. The fourth-order valence-electron chi connectivity index (χ4n) is 3.51. The Bertz CT molecular complexity index is 385. The van der Waals surface area contributed by atoms with Crippen LogP contribution in [0.2, 0.25) is 0 Å². The SMILES string of the molecule is CCOC(=O)C(CC1C(=O)[C@H]2CC[C@@H]1C2)C(=O)OCC. The quantitative estimate of drug-likeness (QED) is 0.548. The summed E-state index contributed by atoms with van der Waals surface area (Å²) >= 11 is 0. The molecule has 0 saturated heterocycles. The van der Waals surface area contributed by atoms with E-state index in [2.05, 4.69) is 0 Å². The lowest BCUT2D eigenvalue weighted by Gasteiger charge is -2.23. The molecule has 112 valence electrons. The zero-order valence-corrected chi connectivity index (χ0v) is 12.1. The molecule has 20 heavy (non-hydrogen) atoms. The molecule has 0 aromatic carbocycles. The molecule has 0 spiro atoms. The van der Waals surface area contributed by atoms with Crippen LogP contribution in [-0.4, -0.2) is 30.9 Å². The molecule has 3 atom stereocenters. The minimum Gasteiger partial charge on any atom is -0.465 e. The molecule has 0 radical (unpaired) electrons. The normalized spacial score (nSPS) is 27.9. The molecule has 2 aliphatic rings. The van der Waals surface area contributed by atoms with Crippen molar-refractivity contribution in [3.05, 3.63) is 0 Å². The fourth-order valence-corrected chi connectivity index (χ4v) is 3.51. The number of rotatable bonds is 6. The molecule has 5 nitrogen and oxygen atoms in total. The van der Waals surface area contributed by atoms with Gasteiger partial charge >= 0.3 is 11.9 Å². The van der Waals surface area contributed by atoms with Crippen LogP contribution in [0.4, 0.5) is 0 Å². The molecule has 2 rings (SSSR count). The number of ether oxygens (including phenoxy) is 2. The highest BCUT2D eigenvalue weighted by Crippen LogP contribution is 2.48. The van der Waals surface area contributed by atoms with Gasteiger partial charge in [0.25, 0.3) is 0 Å². The lowest BCUT2D eigenvalue weighted by atomic mass is 9.81. The van der Waals surface area contributed by atoms with Gasteiger partial charge in [0.1, 0.15) is 5.78 Å². The largest absolute Gasteiger partial charge is 0.465 e. The van der Waals surface area contributed by atoms with Gasteiger partial charge in [-0.05, 0) is 45.4 Å². The zero-order valence-electron chi connectivity index (χ0n) is 12.1. The fraction of sp³-hybridized carbons (Fsp3) is 0.800. The van der Waals surface area contributed by atoms with E-state index in [1.807, 2.05) is 0 Å². The Labute approximate surface area is 119 Å². The molecular formula is C15H22O5. The van der Waals surface area contributed by atoms with Crippen molar-refractivity contribution in [2.45, 2.75) is 39.5 Å². The zero-order chi connectivity index (χ0) is 14.7. The number of Topliss-reactive ketones (excluding diaryl/α,β-unsaturated/α-hetero) is 1. The second kappa shape index (κ2) is 6.37. The summed E-state index contributed by atoms with van der Waals surface area (Å²) in [5, 5.41) is 0. The summed E-state index contributed by atoms with van der Waals surface area (Å²) in [4.78, 5) is 36.0. The van der Waals surface area contributed by atoms with Gasteiger partial charge < -0.3 is 9.47 Å². The molecule has 5 heteroatoms. The summed E-state index contributed by atoms with van der Waals surface area (Å²) in [5.41, 5.74) is 0. The molecule has 0 aliphatic heterocycles. The lowest BCUT2D eigenvalue weighted by molar-refractivity contribution is -0.162. The van der Waals surface area contributed by atoms with E-state index in [9.17, 15) is 14.4 Å². The molecule has 1 unspecified atom stereocenters. The summed E-state index contributed by atoms with van der Waals surface area (Å²) < 4.78 is 9.89. The van der Waals surface area contributed by atoms with E-state index in [4.69, 9.17) is 9.47 Å². The van der Waals surface area contributed by atoms with Crippen molar-refractivity contribution in [1.82, 2.24) is 0 Å². The third-order valence-electron chi connectivity index (χ3n) is 4.44. The predicted octanol–water partition coefficient (Wildman–Crippen LogP) is 1.73. The molecule has 0 heterocycles. The van der Waals surface area contributed by atoms with E-state index < -0.39 is 17.9 Å². The molecule has 2 saturated carbocycles. The molecular weight excluding hydrogens is 260 g/mol. The van der Waals surface area contributed by atoms with Gasteiger partial charge in [0.05, 0.1) is 13.2 Å². The van der Waals surface area contributed by atoms with Crippen LogP contribution in [0.25, 0.3) is 0 Å². The maximum Gasteiger partial charge on any atom is 0.320 e. The molecule has 2 fully saturated rings. The minimum atomic E-state index is -0.955. The van der Waals surface area contributed by atoms with Gasteiger partial charge in [-0.15, -0.1) is 0 Å². The Morgan fingerprint density at radius 2 is 1.75 bits per heavy atom. The van der Waals surface area contributed by atoms with E-state index in [0.29, 0.717) is 5.92 Å². The standard InChI is InChI=1S/C15H22O5/c1-3-19-14(17)12(15(18)20-4-2)8-11-9-5-6-10(7-9)13(11)16/h9-12H,3-8H2,1-2H3/t9-,10+,11?/m1/s1. The van der Waals surface area contributed by atoms with Crippen molar-refractivity contribution in [2.75, 3.05) is 13.2 Å². The van der Waals surface area contributed by atoms with Crippen LogP contribution in [0.1, 0.15) is 39.5 Å². The Balaban J connectivity index is 2.05. The first-order valence-corrected chi connectivity index (χ1v) is 7.45. The molecule has 0 N–H and O–H groups in total. The predicted molar refractivity (Wildman–Crippen MR) is 70.7 cm³/mol. The average Bonchev–Trinajstić information content (AvgIpc) is 2.98. The van der Waals surface area contributed by atoms with Crippen LogP contribution < -0.4 is 0 Å². The second-order valence-corrected chi connectivity index (χ2v) is 5.57. The smallest absolute Gasteiger partial charge is 0.320 e. The molecule has 2 aliphatic carbocycles. The number of carbonyl (C=O) groups excluding carboxylic acids is 3. The van der Waals surface area contributed by atoms with Crippen molar-refractivity contribution in [3.8, 4) is 0 Å². The summed E-state index contributed by atoms with van der Waals surface area (Å²) in [7, 11) is 0. The number of esters is 2. The van der Waals surface area contributed by atoms with E-state index in [-0.39, 0.29) is 37.3 Å². The van der Waals surface area contributed by atoms with Gasteiger partial charge in [-0.2, -0.15) is 0 Å². The van der Waals surface area contributed by atoms with Gasteiger partial charge in [-0.3, -0.25) is 14.4 Å². The van der Waals surface area contributed by atoms with Crippen LogP contribution in [0.15, 0.2) is 0 Å². The van der Waals surface area contributed by atoms with Crippen molar-refractivity contribution in [1.29, 1.82) is 0 Å². The van der Waals surface area contributed by atoms with Crippen LogP contribution >= 0.6 is 0 Å². The molecule has 2 bridgehead atoms. The molecule has 0 aromatic heterocycles. The lowest BCUT2D eigenvalue weighted by Crippen LogP contribution is -2.34. The Morgan fingerprint density at radius 1 is 1.15 bits per heavy atom. The van der Waals surface area contributed by atoms with Crippen molar-refractivity contribution in [2.24, 2.45) is 23.7 Å². The molecule has 0 aromatic rings. The number of hydrogen-bond donors (Lipinski definition) is 0. The van der Waals surface area contributed by atoms with E-state index in [1.54, 1.807) is 13.8 Å². The van der Waals surface area contributed by atoms with E-state index in [0.717, 1.165) is 19.3 Å². The van der Waals surface area contributed by atoms with Gasteiger partial charge in [0.2, 0.25) is 0 Å². The maximum atomic E-state index is 12.2. The monoisotopic (exact) mass is 282 g/mol. The van der Waals surface area contributed by atoms with Gasteiger partial charge in [-0.1, -0.05) is 0 Å². The highest BCUT2D eigenvalue weighted by Gasteiger charge is 2.49. The minimum absolute atomic E-state index is 0.148. The van der Waals surface area contributed by atoms with E-state index in [1.165, 1.54) is 0 Å². The maximum absolute atomic E-state index is 12.2. The van der Waals surface area contributed by atoms with Crippen LogP contribution in [0.5, 0.6) is 0 Å². The Hall–Kier alpha value is -1.39. The average molecular weight is 282 g/mol. The first-order chi connectivity index (χ1) is 9.58. The van der Waals surface area contributed by atoms with Crippen molar-refractivity contribution < 1.29 is 23.9 Å². The highest BCUT2D eigenvalue weighted by atomic mass is 16.6. The van der Waals surface area contributed by atoms with Crippen molar-refractivity contribution in [3.63, 3.8) is 0 Å². The number of fused-ring (bicyclic) bond motifs is 2. The van der Waals surface area contributed by atoms with Gasteiger partial charge in [0.15, 0.2) is 5.92 Å². The Kier molecular flexibility index (Phi) is 4.78. The summed E-state index contributed by atoms with van der Waals surface area (Å²) in [6.07, 6.45) is 3.16. The van der Waals surface area contributed by atoms with Crippen LogP contribution in [-0.2, 0) is 23.9 Å². The van der Waals surface area contributed by atoms with Crippen LogP contribution in [0, 0.1) is 23.7 Å². The number of hydrogen-bond acceptors (Lipinski definition) is 5. The number of ketones is 1. The number of carbonyl (C=O) groups is 3. The third kappa shape index (κ3) is 2.86. The van der Waals surface area contributed by atoms with Crippen LogP contribution in [0.3, 0.4) is 0 Å². The van der Waals surface area contributed by atoms with Gasteiger partial charge in [0, 0.05) is 11.8 Å². The van der Waals surface area contributed by atoms with Crippen molar-refractivity contribution >= 4 is 17.7 Å². The topological polar surface area (TPSA) is 69.7 Å². The second-order valence-electron chi connectivity index (χ2n) is 5.57. The summed E-state index contributed by atoms with van der Waals surface area (Å²) in [6.45, 7) is 3.84. The molecule has 0 amide bonds. The first-order valence-electron chi connectivity index (χ1n) is 7.45. The Morgan fingerprint density at radius 3 is 2.20 bits per heavy atom. The summed E-state index contributed by atoms with van der Waals surface area (Å²) in [6, 6.07) is 0. The third-order valence-corrected chi connectivity index (χ3v) is 4.44. The first kappa shape index (κ1) is 15.0.